The van der Waals surface area contributed by atoms with Gasteiger partial charge in [0.15, 0.2) is 5.82 Å². The van der Waals surface area contributed by atoms with E-state index in [1.54, 1.807) is 12.4 Å². The van der Waals surface area contributed by atoms with Gasteiger partial charge in [-0.15, -0.1) is 0 Å². The highest BCUT2D eigenvalue weighted by Crippen LogP contribution is 2.20. The average Bonchev–Trinajstić information content (AvgIpc) is 2.55. The molecule has 0 amide bonds. The Morgan fingerprint density at radius 1 is 1.26 bits per heavy atom. The zero-order valence-corrected chi connectivity index (χ0v) is 13.0. The number of carbonyl (C=O) groups is 1. The highest BCUT2D eigenvalue weighted by Gasteiger charge is 2.20. The normalized spacial score (nSPS) is 15.6. The van der Waals surface area contributed by atoms with E-state index in [0.717, 1.165) is 43.3 Å². The predicted molar refractivity (Wildman–Crippen MR) is 86.3 cm³/mol. The zero-order valence-electron chi connectivity index (χ0n) is 13.0. The largest absolute Gasteiger partial charge is 0.480 e. The van der Waals surface area contributed by atoms with Gasteiger partial charge in [-0.2, -0.15) is 0 Å². The van der Waals surface area contributed by atoms with E-state index in [1.165, 1.54) is 0 Å². The molecule has 0 radical (unpaired) electrons. The molecule has 0 bridgehead atoms. The number of anilines is 1. The van der Waals surface area contributed by atoms with Crippen molar-refractivity contribution in [3.63, 3.8) is 0 Å². The first-order valence-electron chi connectivity index (χ1n) is 7.57. The van der Waals surface area contributed by atoms with Crippen molar-refractivity contribution in [2.75, 3.05) is 37.6 Å². The van der Waals surface area contributed by atoms with Crippen LogP contribution in [0, 0.1) is 6.92 Å². The molecule has 1 fully saturated rings. The Bertz CT molecular complexity index is 684. The minimum atomic E-state index is -0.782. The van der Waals surface area contributed by atoms with E-state index in [-0.39, 0.29) is 6.54 Å². The molecule has 3 heterocycles. The maximum atomic E-state index is 10.8. The van der Waals surface area contributed by atoms with Gasteiger partial charge in [0.05, 0.1) is 6.54 Å². The third-order valence-electron chi connectivity index (χ3n) is 3.82. The average molecular weight is 313 g/mol. The Morgan fingerprint density at radius 3 is 2.70 bits per heavy atom. The lowest BCUT2D eigenvalue weighted by molar-refractivity contribution is -0.138. The Hall–Kier alpha value is -2.54. The first-order chi connectivity index (χ1) is 11.1. The quantitative estimate of drug-likeness (QED) is 0.903. The second kappa shape index (κ2) is 6.70. The highest BCUT2D eigenvalue weighted by atomic mass is 16.4. The Morgan fingerprint density at radius 2 is 2.04 bits per heavy atom. The van der Waals surface area contributed by atoms with E-state index in [0.29, 0.717) is 5.82 Å². The number of nitrogens with zero attached hydrogens (tertiary/aromatic N) is 5. The van der Waals surface area contributed by atoms with Crippen molar-refractivity contribution < 1.29 is 9.90 Å². The molecule has 1 saturated heterocycles. The number of rotatable bonds is 4. The number of pyridine rings is 1. The molecule has 0 aromatic carbocycles. The Labute approximate surface area is 134 Å². The lowest BCUT2D eigenvalue weighted by Crippen LogP contribution is -2.48. The van der Waals surface area contributed by atoms with Crippen LogP contribution in [0.1, 0.15) is 5.69 Å². The first-order valence-corrected chi connectivity index (χ1v) is 7.57. The standard InChI is InChI=1S/C16H19N5O2/c1-12-9-14(19-16(18-12)13-3-2-4-17-10-13)21-7-5-20(6-8-21)11-15(22)23/h2-4,9-10H,5-8,11H2,1H3,(H,22,23). The van der Waals surface area contributed by atoms with E-state index in [2.05, 4.69) is 19.9 Å². The smallest absolute Gasteiger partial charge is 0.317 e. The number of hydrogen-bond donors (Lipinski definition) is 1. The summed E-state index contributed by atoms with van der Waals surface area (Å²) in [5, 5.41) is 8.87. The van der Waals surface area contributed by atoms with Gasteiger partial charge >= 0.3 is 5.97 Å². The van der Waals surface area contributed by atoms with E-state index in [4.69, 9.17) is 5.11 Å². The molecule has 1 aliphatic rings. The number of aromatic nitrogens is 3. The molecule has 0 unspecified atom stereocenters. The van der Waals surface area contributed by atoms with Crippen molar-refractivity contribution in [1.82, 2.24) is 19.9 Å². The summed E-state index contributed by atoms with van der Waals surface area (Å²) >= 11 is 0. The van der Waals surface area contributed by atoms with Gasteiger partial charge in [-0.25, -0.2) is 9.97 Å². The molecule has 3 rings (SSSR count). The van der Waals surface area contributed by atoms with Crippen LogP contribution in [0.25, 0.3) is 11.4 Å². The first kappa shape index (κ1) is 15.4. The summed E-state index contributed by atoms with van der Waals surface area (Å²) in [6.07, 6.45) is 3.48. The van der Waals surface area contributed by atoms with Crippen LogP contribution in [0.5, 0.6) is 0 Å². The SMILES string of the molecule is Cc1cc(N2CCN(CC(=O)O)CC2)nc(-c2cccnc2)n1. The molecule has 0 aliphatic carbocycles. The van der Waals surface area contributed by atoms with Crippen LogP contribution in [-0.4, -0.2) is 63.7 Å². The minimum absolute atomic E-state index is 0.0948. The molecule has 1 N–H and O–H groups in total. The fourth-order valence-corrected chi connectivity index (χ4v) is 2.66. The highest BCUT2D eigenvalue weighted by molar-refractivity contribution is 5.69. The third-order valence-corrected chi connectivity index (χ3v) is 3.82. The van der Waals surface area contributed by atoms with Gasteiger partial charge in [0.25, 0.3) is 0 Å². The Kier molecular flexibility index (Phi) is 4.47. The van der Waals surface area contributed by atoms with Gasteiger partial charge in [0.2, 0.25) is 0 Å². The lowest BCUT2D eigenvalue weighted by Gasteiger charge is -2.34. The summed E-state index contributed by atoms with van der Waals surface area (Å²) in [5.74, 6) is 0.766. The zero-order chi connectivity index (χ0) is 16.2. The molecule has 1 aliphatic heterocycles. The van der Waals surface area contributed by atoms with Crippen molar-refractivity contribution in [3.05, 3.63) is 36.3 Å². The lowest BCUT2D eigenvalue weighted by atomic mass is 10.2. The second-order valence-corrected chi connectivity index (χ2v) is 5.59. The molecule has 2 aromatic rings. The molecule has 7 nitrogen and oxygen atoms in total. The minimum Gasteiger partial charge on any atom is -0.480 e. The molecule has 120 valence electrons. The summed E-state index contributed by atoms with van der Waals surface area (Å²) in [6, 6.07) is 5.77. The van der Waals surface area contributed by atoms with Crippen LogP contribution < -0.4 is 4.90 Å². The van der Waals surface area contributed by atoms with Crippen molar-refractivity contribution in [2.45, 2.75) is 6.92 Å². The topological polar surface area (TPSA) is 82.5 Å². The monoisotopic (exact) mass is 313 g/mol. The predicted octanol–water partition coefficient (Wildman–Crippen LogP) is 1.05. The molecule has 0 saturated carbocycles. The van der Waals surface area contributed by atoms with Crippen molar-refractivity contribution in [1.29, 1.82) is 0 Å². The third kappa shape index (κ3) is 3.81. The van der Waals surface area contributed by atoms with Crippen LogP contribution in [-0.2, 0) is 4.79 Å². The van der Waals surface area contributed by atoms with Gasteiger partial charge in [0.1, 0.15) is 5.82 Å². The summed E-state index contributed by atoms with van der Waals surface area (Å²) in [5.41, 5.74) is 1.80. The number of piperazine rings is 1. The summed E-state index contributed by atoms with van der Waals surface area (Å²) in [4.78, 5) is 28.2. The molecule has 2 aromatic heterocycles. The van der Waals surface area contributed by atoms with E-state index in [9.17, 15) is 4.79 Å². The van der Waals surface area contributed by atoms with Crippen molar-refractivity contribution >= 4 is 11.8 Å². The molecule has 0 spiro atoms. The van der Waals surface area contributed by atoms with E-state index >= 15 is 0 Å². The van der Waals surface area contributed by atoms with Crippen LogP contribution in [0.3, 0.4) is 0 Å². The molecule has 23 heavy (non-hydrogen) atoms. The van der Waals surface area contributed by atoms with Crippen LogP contribution in [0.2, 0.25) is 0 Å². The summed E-state index contributed by atoms with van der Waals surface area (Å²) in [6.45, 7) is 5.00. The maximum Gasteiger partial charge on any atom is 0.317 e. The number of aryl methyl sites for hydroxylation is 1. The fraction of sp³-hybridized carbons (Fsp3) is 0.375. The second-order valence-electron chi connectivity index (χ2n) is 5.59. The molecule has 7 heteroatoms. The maximum absolute atomic E-state index is 10.8. The van der Waals surface area contributed by atoms with E-state index < -0.39 is 5.97 Å². The summed E-state index contributed by atoms with van der Waals surface area (Å²) in [7, 11) is 0. The molecule has 0 atom stereocenters. The summed E-state index contributed by atoms with van der Waals surface area (Å²) < 4.78 is 0. The number of aliphatic carboxylic acids is 1. The van der Waals surface area contributed by atoms with Gasteiger partial charge in [-0.05, 0) is 19.1 Å². The van der Waals surface area contributed by atoms with Gasteiger partial charge in [0, 0.05) is 55.9 Å². The molecular weight excluding hydrogens is 294 g/mol. The van der Waals surface area contributed by atoms with Crippen LogP contribution >= 0.6 is 0 Å². The van der Waals surface area contributed by atoms with Crippen molar-refractivity contribution in [2.24, 2.45) is 0 Å². The van der Waals surface area contributed by atoms with E-state index in [1.807, 2.05) is 30.0 Å². The van der Waals surface area contributed by atoms with Gasteiger partial charge in [-0.3, -0.25) is 14.7 Å². The molecular formula is C16H19N5O2. The van der Waals surface area contributed by atoms with Crippen molar-refractivity contribution in [3.8, 4) is 11.4 Å². The number of hydrogen-bond acceptors (Lipinski definition) is 6. The van der Waals surface area contributed by atoms with Gasteiger partial charge < -0.3 is 10.0 Å². The van der Waals surface area contributed by atoms with Crippen LogP contribution in [0.4, 0.5) is 5.82 Å². The number of carboxylic acid groups (broad SMARTS) is 1. The van der Waals surface area contributed by atoms with Gasteiger partial charge in [-0.1, -0.05) is 0 Å². The number of carboxylic acids is 1. The van der Waals surface area contributed by atoms with Crippen LogP contribution in [0.15, 0.2) is 30.6 Å². The fourth-order valence-electron chi connectivity index (χ4n) is 2.66. The Balaban J connectivity index is 1.76.